The predicted octanol–water partition coefficient (Wildman–Crippen LogP) is 5.66. The van der Waals surface area contributed by atoms with Crippen molar-refractivity contribution in [2.24, 2.45) is 0 Å². The standard InChI is InChI=1S/C32H34N6O7.HI/c1-18-27(22-17-21(44-31(42)43)10-11-23(22)36-18)25(39)12-7-19-5-8-20(9-6-19)28(33)38-30-35-15-13-24(37-30)29(41)34-16-14-26(40)45-32(2,3)4;/h5-6,8-11,13,15,17,36H,7,12,14,16H2,1-4H3,(H,34,41)(H,42,43)(H2,33,35,37,38);1H. The molecule has 2 aromatic heterocycles. The number of carbonyl (C=O) groups excluding carboxylic acids is 3. The van der Waals surface area contributed by atoms with Crippen molar-refractivity contribution in [3.8, 4) is 5.75 Å². The summed E-state index contributed by atoms with van der Waals surface area (Å²) in [6.45, 7) is 7.17. The molecule has 0 bridgehead atoms. The number of hydrogen-bond donors (Lipinski definition) is 5. The Morgan fingerprint density at radius 1 is 1.02 bits per heavy atom. The zero-order chi connectivity index (χ0) is 32.7. The van der Waals surface area contributed by atoms with Crippen LogP contribution in [-0.2, 0) is 16.0 Å². The van der Waals surface area contributed by atoms with Gasteiger partial charge in [0.25, 0.3) is 5.91 Å². The van der Waals surface area contributed by atoms with Gasteiger partial charge in [-0.25, -0.2) is 14.8 Å². The summed E-state index contributed by atoms with van der Waals surface area (Å²) in [5, 5.41) is 23.3. The molecule has 0 aliphatic carbocycles. The molecule has 0 radical (unpaired) electrons. The molecule has 2 heterocycles. The number of rotatable bonds is 11. The van der Waals surface area contributed by atoms with Gasteiger partial charge in [0.2, 0.25) is 5.95 Å². The molecule has 0 saturated heterocycles. The molecular weight excluding hydrogens is 707 g/mol. The molecule has 13 nitrogen and oxygen atoms in total. The van der Waals surface area contributed by atoms with Crippen molar-refractivity contribution in [1.82, 2.24) is 20.3 Å². The maximum atomic E-state index is 13.2. The van der Waals surface area contributed by atoms with Crippen LogP contribution in [-0.4, -0.2) is 61.9 Å². The minimum Gasteiger partial charge on any atom is -0.460 e. The molecule has 0 atom stereocenters. The van der Waals surface area contributed by atoms with Crippen LogP contribution in [0, 0.1) is 12.3 Å². The number of nitrogens with zero attached hydrogens (tertiary/aromatic N) is 2. The molecule has 46 heavy (non-hydrogen) atoms. The second kappa shape index (κ2) is 15.4. The number of aryl methyl sites for hydroxylation is 2. The summed E-state index contributed by atoms with van der Waals surface area (Å²) in [6.07, 6.45) is 0.639. The fourth-order valence-electron chi connectivity index (χ4n) is 4.54. The number of ether oxygens (including phenoxy) is 2. The van der Waals surface area contributed by atoms with Crippen LogP contribution in [0.1, 0.15) is 71.3 Å². The van der Waals surface area contributed by atoms with Gasteiger partial charge in [0, 0.05) is 46.9 Å². The first-order chi connectivity index (χ1) is 21.3. The number of nitrogens with one attached hydrogen (secondary N) is 4. The molecule has 0 unspecified atom stereocenters. The lowest BCUT2D eigenvalue weighted by Crippen LogP contribution is -2.30. The van der Waals surface area contributed by atoms with Gasteiger partial charge in [0.1, 0.15) is 22.9 Å². The highest BCUT2D eigenvalue weighted by Crippen LogP contribution is 2.28. The van der Waals surface area contributed by atoms with Crippen molar-refractivity contribution in [3.63, 3.8) is 0 Å². The van der Waals surface area contributed by atoms with E-state index in [0.29, 0.717) is 34.1 Å². The highest BCUT2D eigenvalue weighted by Gasteiger charge is 2.19. The van der Waals surface area contributed by atoms with E-state index in [0.717, 1.165) is 5.56 Å². The van der Waals surface area contributed by atoms with Gasteiger partial charge in [-0.3, -0.25) is 19.8 Å². The maximum Gasteiger partial charge on any atom is 0.511 e. The quantitative estimate of drug-likeness (QED) is 0.0320. The Labute approximate surface area is 282 Å². The van der Waals surface area contributed by atoms with Crippen molar-refractivity contribution in [2.75, 3.05) is 11.9 Å². The van der Waals surface area contributed by atoms with Crippen LogP contribution in [0.2, 0.25) is 0 Å². The summed E-state index contributed by atoms with van der Waals surface area (Å²) in [5.41, 5.74) is 2.76. The number of Topliss-reactive ketones (excluding diaryl/α,β-unsaturated/α-hetero) is 1. The van der Waals surface area contributed by atoms with Gasteiger partial charge in [-0.05, 0) is 63.9 Å². The molecule has 0 spiro atoms. The van der Waals surface area contributed by atoms with Crippen molar-refractivity contribution < 1.29 is 33.8 Å². The Morgan fingerprint density at radius 3 is 2.41 bits per heavy atom. The zero-order valence-electron chi connectivity index (χ0n) is 25.7. The van der Waals surface area contributed by atoms with Gasteiger partial charge in [-0.15, -0.1) is 24.0 Å². The van der Waals surface area contributed by atoms with E-state index in [2.05, 4.69) is 25.6 Å². The fraction of sp³-hybridized carbons (Fsp3) is 0.281. The van der Waals surface area contributed by atoms with Crippen molar-refractivity contribution in [3.05, 3.63) is 82.8 Å². The Hall–Kier alpha value is -4.86. The van der Waals surface area contributed by atoms with E-state index in [1.54, 1.807) is 45.9 Å². The molecule has 0 aliphatic heterocycles. The van der Waals surface area contributed by atoms with Gasteiger partial charge in [0.05, 0.1) is 6.42 Å². The third-order valence-electron chi connectivity index (χ3n) is 6.48. The predicted molar refractivity (Wildman–Crippen MR) is 181 cm³/mol. The average molecular weight is 743 g/mol. The molecule has 0 aliphatic rings. The first kappa shape index (κ1) is 35.6. The second-order valence-electron chi connectivity index (χ2n) is 11.2. The average Bonchev–Trinajstić information content (AvgIpc) is 3.30. The maximum absolute atomic E-state index is 13.2. The molecule has 4 rings (SSSR count). The summed E-state index contributed by atoms with van der Waals surface area (Å²) in [6, 6.07) is 13.2. The molecule has 1 amide bonds. The van der Waals surface area contributed by atoms with E-state index >= 15 is 0 Å². The van der Waals surface area contributed by atoms with Gasteiger partial charge >= 0.3 is 12.1 Å². The van der Waals surface area contributed by atoms with E-state index in [4.69, 9.17) is 20.0 Å². The van der Waals surface area contributed by atoms with Crippen LogP contribution in [0.3, 0.4) is 0 Å². The first-order valence-corrected chi connectivity index (χ1v) is 14.1. The summed E-state index contributed by atoms with van der Waals surface area (Å²) in [5.74, 6) is -0.825. The number of halogens is 1. The van der Waals surface area contributed by atoms with Crippen LogP contribution in [0.4, 0.5) is 10.7 Å². The number of H-pyrrole nitrogens is 1. The Kier molecular flexibility index (Phi) is 11.9. The summed E-state index contributed by atoms with van der Waals surface area (Å²) < 4.78 is 9.97. The molecule has 0 saturated carbocycles. The normalized spacial score (nSPS) is 10.9. The number of aromatic amines is 1. The smallest absolute Gasteiger partial charge is 0.460 e. The summed E-state index contributed by atoms with van der Waals surface area (Å²) in [7, 11) is 0. The van der Waals surface area contributed by atoms with Crippen molar-refractivity contribution >= 4 is 70.5 Å². The Morgan fingerprint density at radius 2 is 1.74 bits per heavy atom. The van der Waals surface area contributed by atoms with Crippen molar-refractivity contribution in [2.45, 2.75) is 52.6 Å². The number of amidine groups is 1. The van der Waals surface area contributed by atoms with Gasteiger partial charge in [-0.1, -0.05) is 24.3 Å². The van der Waals surface area contributed by atoms with Crippen LogP contribution in [0.15, 0.2) is 54.7 Å². The number of aromatic nitrogens is 3. The summed E-state index contributed by atoms with van der Waals surface area (Å²) in [4.78, 5) is 59.8. The van der Waals surface area contributed by atoms with Gasteiger partial charge in [0.15, 0.2) is 5.78 Å². The molecule has 14 heteroatoms. The van der Waals surface area contributed by atoms with E-state index in [1.807, 2.05) is 12.1 Å². The highest BCUT2D eigenvalue weighted by atomic mass is 127. The number of fused-ring (bicyclic) bond motifs is 1. The molecular formula is C32H35IN6O7. The summed E-state index contributed by atoms with van der Waals surface area (Å²) >= 11 is 0. The fourth-order valence-corrected chi connectivity index (χ4v) is 4.54. The van der Waals surface area contributed by atoms with Crippen LogP contribution < -0.4 is 15.4 Å². The topological polar surface area (TPSA) is 196 Å². The third kappa shape index (κ3) is 9.82. The lowest BCUT2D eigenvalue weighted by atomic mass is 9.99. The molecule has 5 N–H and O–H groups in total. The Balaban J connectivity index is 0.00000576. The zero-order valence-corrected chi connectivity index (χ0v) is 28.1. The van der Waals surface area contributed by atoms with Crippen LogP contribution in [0.5, 0.6) is 5.75 Å². The van der Waals surface area contributed by atoms with E-state index in [1.165, 1.54) is 24.4 Å². The largest absolute Gasteiger partial charge is 0.511 e. The van der Waals surface area contributed by atoms with Crippen molar-refractivity contribution in [1.29, 1.82) is 5.41 Å². The molecule has 4 aromatic rings. The molecule has 242 valence electrons. The number of benzene rings is 2. The number of carbonyl (C=O) groups is 4. The number of hydrogen-bond acceptors (Lipinski definition) is 9. The van der Waals surface area contributed by atoms with E-state index in [9.17, 15) is 19.2 Å². The van der Waals surface area contributed by atoms with Crippen LogP contribution in [0.25, 0.3) is 10.9 Å². The van der Waals surface area contributed by atoms with E-state index in [-0.39, 0.29) is 72.4 Å². The number of anilines is 1. The lowest BCUT2D eigenvalue weighted by Gasteiger charge is -2.19. The van der Waals surface area contributed by atoms with Gasteiger partial charge in [-0.2, -0.15) is 0 Å². The second-order valence-corrected chi connectivity index (χ2v) is 11.2. The SMILES string of the molecule is Cc1[nH]c2ccc(OC(=O)O)cc2c1C(=O)CCc1ccc(C(=N)Nc2nccc(C(=O)NCCC(=O)OC(C)(C)C)n2)cc1.I. The number of esters is 1. The minimum atomic E-state index is -1.43. The third-order valence-corrected chi connectivity index (χ3v) is 6.48. The minimum absolute atomic E-state index is 0. The number of amides is 1. The number of ketones is 1. The number of carboxylic acid groups (broad SMARTS) is 1. The first-order valence-electron chi connectivity index (χ1n) is 14.1. The molecule has 2 aromatic carbocycles. The highest BCUT2D eigenvalue weighted by molar-refractivity contribution is 14.0. The molecule has 0 fully saturated rings. The van der Waals surface area contributed by atoms with Gasteiger partial charge < -0.3 is 30.2 Å². The van der Waals surface area contributed by atoms with Crippen LogP contribution >= 0.6 is 24.0 Å². The lowest BCUT2D eigenvalue weighted by molar-refractivity contribution is -0.154. The Bertz CT molecular complexity index is 1760. The monoisotopic (exact) mass is 742 g/mol. The van der Waals surface area contributed by atoms with E-state index < -0.39 is 23.6 Å².